The Morgan fingerprint density at radius 3 is 2.55 bits per heavy atom. The highest BCUT2D eigenvalue weighted by atomic mass is 35.5. The maximum atomic E-state index is 12.2. The summed E-state index contributed by atoms with van der Waals surface area (Å²) in [6.45, 7) is 7.96. The van der Waals surface area contributed by atoms with E-state index in [4.69, 9.17) is 9.47 Å². The summed E-state index contributed by atoms with van der Waals surface area (Å²) in [6.07, 6.45) is 2.38. The van der Waals surface area contributed by atoms with Crippen molar-refractivity contribution in [2.24, 2.45) is 0 Å². The first-order valence-corrected chi connectivity index (χ1v) is 7.02. The van der Waals surface area contributed by atoms with Crippen LogP contribution in [0.15, 0.2) is 24.8 Å². The van der Waals surface area contributed by atoms with Crippen LogP contribution in [0.1, 0.15) is 22.8 Å². The predicted octanol–water partition coefficient (Wildman–Crippen LogP) is 2.19. The molecule has 5 nitrogen and oxygen atoms in total. The number of rotatable bonds is 9. The van der Waals surface area contributed by atoms with Gasteiger partial charge in [0.2, 0.25) is 0 Å². The second-order valence-electron chi connectivity index (χ2n) is 4.47. The van der Waals surface area contributed by atoms with Crippen molar-refractivity contribution in [1.29, 1.82) is 0 Å². The monoisotopic (exact) mass is 328 g/mol. The van der Waals surface area contributed by atoms with Crippen LogP contribution in [0.3, 0.4) is 0 Å². The van der Waals surface area contributed by atoms with Crippen molar-refractivity contribution in [2.45, 2.75) is 13.3 Å². The number of carbonyl (C=O) groups is 1. The van der Waals surface area contributed by atoms with E-state index in [-0.39, 0.29) is 18.3 Å². The Morgan fingerprint density at radius 1 is 1.27 bits per heavy atom. The van der Waals surface area contributed by atoms with E-state index in [1.165, 1.54) is 0 Å². The van der Waals surface area contributed by atoms with Gasteiger partial charge in [-0.15, -0.1) is 19.0 Å². The van der Waals surface area contributed by atoms with Gasteiger partial charge in [-0.05, 0) is 25.1 Å². The van der Waals surface area contributed by atoms with Gasteiger partial charge in [-0.3, -0.25) is 4.79 Å². The first kappa shape index (κ1) is 20.3. The second-order valence-corrected chi connectivity index (χ2v) is 4.47. The van der Waals surface area contributed by atoms with E-state index in [9.17, 15) is 4.79 Å². The highest BCUT2D eigenvalue weighted by Gasteiger charge is 2.15. The van der Waals surface area contributed by atoms with Gasteiger partial charge in [0.25, 0.3) is 5.91 Å². The third kappa shape index (κ3) is 5.58. The lowest BCUT2D eigenvalue weighted by Crippen LogP contribution is -2.31. The lowest BCUT2D eigenvalue weighted by Gasteiger charge is -2.14. The molecular weight excluding hydrogens is 304 g/mol. The zero-order chi connectivity index (χ0) is 15.7. The zero-order valence-electron chi connectivity index (χ0n) is 13.4. The molecule has 0 radical (unpaired) electrons. The Hall–Kier alpha value is -1.72. The lowest BCUT2D eigenvalue weighted by atomic mass is 10.0. The average molecular weight is 329 g/mol. The Bertz CT molecular complexity index is 493. The molecule has 0 aliphatic heterocycles. The molecule has 1 amide bonds. The molecule has 0 spiro atoms. The average Bonchev–Trinajstić information content (AvgIpc) is 2.50. The molecule has 1 aromatic carbocycles. The summed E-state index contributed by atoms with van der Waals surface area (Å²) in [5.41, 5.74) is 1.43. The van der Waals surface area contributed by atoms with E-state index in [2.05, 4.69) is 17.2 Å². The van der Waals surface area contributed by atoms with E-state index in [1.807, 2.05) is 13.0 Å². The van der Waals surface area contributed by atoms with Crippen LogP contribution in [0.25, 0.3) is 0 Å². The van der Waals surface area contributed by atoms with Crippen LogP contribution in [0.4, 0.5) is 0 Å². The molecule has 124 valence electrons. The molecule has 2 N–H and O–H groups in total. The quantitative estimate of drug-likeness (QED) is 0.539. The first-order valence-electron chi connectivity index (χ1n) is 7.02. The van der Waals surface area contributed by atoms with Gasteiger partial charge < -0.3 is 20.1 Å². The number of hydrogen-bond donors (Lipinski definition) is 2. The minimum absolute atomic E-state index is 0. The molecule has 1 aromatic rings. The highest BCUT2D eigenvalue weighted by Crippen LogP contribution is 2.33. The summed E-state index contributed by atoms with van der Waals surface area (Å²) in [6, 6.07) is 3.50. The molecule has 0 aliphatic rings. The lowest BCUT2D eigenvalue weighted by molar-refractivity contribution is 0.0953. The molecule has 0 aliphatic carbocycles. The van der Waals surface area contributed by atoms with E-state index in [0.717, 1.165) is 18.7 Å². The number of methoxy groups -OCH3 is 2. The van der Waals surface area contributed by atoms with Crippen molar-refractivity contribution in [3.8, 4) is 11.5 Å². The predicted molar refractivity (Wildman–Crippen MR) is 91.6 cm³/mol. The topological polar surface area (TPSA) is 59.6 Å². The number of likely N-dealkylation sites (N-methyl/N-ethyl adjacent to an activating group) is 1. The second kappa shape index (κ2) is 10.9. The molecule has 6 heteroatoms. The number of amides is 1. The molecule has 0 unspecified atom stereocenters. The van der Waals surface area contributed by atoms with Crippen molar-refractivity contribution in [2.75, 3.05) is 33.9 Å². The van der Waals surface area contributed by atoms with E-state index in [0.29, 0.717) is 30.0 Å². The summed E-state index contributed by atoms with van der Waals surface area (Å²) in [4.78, 5) is 12.2. The van der Waals surface area contributed by atoms with Gasteiger partial charge in [0, 0.05) is 24.2 Å². The summed E-state index contributed by atoms with van der Waals surface area (Å²) < 4.78 is 10.7. The van der Waals surface area contributed by atoms with Crippen LogP contribution in [0, 0.1) is 0 Å². The molecular formula is C16H25ClN2O3. The van der Waals surface area contributed by atoms with Crippen LogP contribution in [0.2, 0.25) is 0 Å². The Labute approximate surface area is 138 Å². The van der Waals surface area contributed by atoms with Gasteiger partial charge in [-0.2, -0.15) is 0 Å². The first-order chi connectivity index (χ1) is 10.2. The van der Waals surface area contributed by atoms with Gasteiger partial charge in [0.15, 0.2) is 11.5 Å². The minimum Gasteiger partial charge on any atom is -0.493 e. The SMILES string of the molecule is C=CCc1cc(C(=O)NCCNCC)cc(OC)c1OC.Cl. The number of hydrogen-bond acceptors (Lipinski definition) is 4. The number of ether oxygens (including phenoxy) is 2. The summed E-state index contributed by atoms with van der Waals surface area (Å²) in [5.74, 6) is 1.06. The molecule has 1 rings (SSSR count). The van der Waals surface area contributed by atoms with Crippen LogP contribution in [-0.4, -0.2) is 39.8 Å². The molecule has 0 atom stereocenters. The fourth-order valence-corrected chi connectivity index (χ4v) is 2.02. The summed E-state index contributed by atoms with van der Waals surface area (Å²) >= 11 is 0. The Kier molecular flexibility index (Phi) is 10.1. The fraction of sp³-hybridized carbons (Fsp3) is 0.438. The van der Waals surface area contributed by atoms with Crippen molar-refractivity contribution in [3.05, 3.63) is 35.9 Å². The van der Waals surface area contributed by atoms with Gasteiger partial charge in [-0.25, -0.2) is 0 Å². The molecule has 0 bridgehead atoms. The van der Waals surface area contributed by atoms with Crippen molar-refractivity contribution < 1.29 is 14.3 Å². The number of halogens is 1. The standard InChI is InChI=1S/C16H24N2O3.ClH/c1-5-7-12-10-13(11-14(20-3)15(12)21-4)16(19)18-9-8-17-6-2;/h5,10-11,17H,1,6-9H2,2-4H3,(H,18,19);1H. The smallest absolute Gasteiger partial charge is 0.251 e. The highest BCUT2D eigenvalue weighted by molar-refractivity contribution is 5.95. The van der Waals surface area contributed by atoms with Gasteiger partial charge in [-0.1, -0.05) is 13.0 Å². The van der Waals surface area contributed by atoms with Crippen LogP contribution < -0.4 is 20.1 Å². The molecule has 0 aromatic heterocycles. The maximum Gasteiger partial charge on any atom is 0.251 e. The Morgan fingerprint density at radius 2 is 2.00 bits per heavy atom. The molecule has 0 fully saturated rings. The minimum atomic E-state index is -0.126. The Balaban J connectivity index is 0.00000441. The van der Waals surface area contributed by atoms with Gasteiger partial charge in [0.05, 0.1) is 14.2 Å². The van der Waals surface area contributed by atoms with Crippen molar-refractivity contribution in [1.82, 2.24) is 10.6 Å². The third-order valence-electron chi connectivity index (χ3n) is 3.02. The fourth-order valence-electron chi connectivity index (χ4n) is 2.02. The van der Waals surface area contributed by atoms with E-state index >= 15 is 0 Å². The number of allylic oxidation sites excluding steroid dienone is 1. The van der Waals surface area contributed by atoms with Crippen molar-refractivity contribution in [3.63, 3.8) is 0 Å². The van der Waals surface area contributed by atoms with Crippen LogP contribution in [0.5, 0.6) is 11.5 Å². The molecule has 0 saturated heterocycles. The van der Waals surface area contributed by atoms with Gasteiger partial charge in [0.1, 0.15) is 0 Å². The molecule has 22 heavy (non-hydrogen) atoms. The zero-order valence-corrected chi connectivity index (χ0v) is 14.2. The van der Waals surface area contributed by atoms with Gasteiger partial charge >= 0.3 is 0 Å². The normalized spacial score (nSPS) is 9.59. The maximum absolute atomic E-state index is 12.2. The van der Waals surface area contributed by atoms with Crippen LogP contribution >= 0.6 is 12.4 Å². The van der Waals surface area contributed by atoms with E-state index < -0.39 is 0 Å². The third-order valence-corrected chi connectivity index (χ3v) is 3.02. The van der Waals surface area contributed by atoms with E-state index in [1.54, 1.807) is 26.4 Å². The summed E-state index contributed by atoms with van der Waals surface area (Å²) in [5, 5.41) is 6.02. The number of benzene rings is 1. The largest absolute Gasteiger partial charge is 0.493 e. The molecule has 0 saturated carbocycles. The van der Waals surface area contributed by atoms with Crippen molar-refractivity contribution >= 4 is 18.3 Å². The number of nitrogens with one attached hydrogen (secondary N) is 2. The molecule has 0 heterocycles. The van der Waals surface area contributed by atoms with Crippen LogP contribution in [-0.2, 0) is 6.42 Å². The summed E-state index contributed by atoms with van der Waals surface area (Å²) in [7, 11) is 3.14. The number of carbonyl (C=O) groups excluding carboxylic acids is 1.